The Kier molecular flexibility index (Phi) is 4.54. The van der Waals surface area contributed by atoms with Gasteiger partial charge in [0.05, 0.1) is 15.8 Å². The summed E-state index contributed by atoms with van der Waals surface area (Å²) in [6.45, 7) is 0.688. The number of carbonyl (C=O) groups excluding carboxylic acids is 1. The Morgan fingerprint density at radius 2 is 1.76 bits per heavy atom. The molecule has 142 valence electrons. The summed E-state index contributed by atoms with van der Waals surface area (Å²) in [5.74, 6) is 0.451. The minimum absolute atomic E-state index is 0.266. The molecule has 0 saturated carbocycles. The Labute approximate surface area is 171 Å². The second-order valence-electron chi connectivity index (χ2n) is 6.55. The van der Waals surface area contributed by atoms with Gasteiger partial charge < -0.3 is 9.47 Å². The lowest BCUT2D eigenvalue weighted by Crippen LogP contribution is -1.98. The molecule has 0 aliphatic carbocycles. The van der Waals surface area contributed by atoms with Gasteiger partial charge in [-0.3, -0.25) is 4.98 Å². The first-order valence-electron chi connectivity index (χ1n) is 9.16. The van der Waals surface area contributed by atoms with Gasteiger partial charge in [-0.05, 0) is 47.5 Å². The summed E-state index contributed by atoms with van der Waals surface area (Å²) in [4.78, 5) is 20.8. The third-order valence-corrected chi connectivity index (χ3v) is 5.74. The van der Waals surface area contributed by atoms with Crippen LogP contribution in [0.1, 0.15) is 16.1 Å². The van der Waals surface area contributed by atoms with E-state index >= 15 is 0 Å². The molecule has 0 atom stereocenters. The zero-order valence-electron chi connectivity index (χ0n) is 15.4. The number of para-hydroxylation sites is 1. The number of hydrogen-bond donors (Lipinski definition) is 0. The van der Waals surface area contributed by atoms with Crippen molar-refractivity contribution in [2.75, 3.05) is 6.61 Å². The van der Waals surface area contributed by atoms with Crippen LogP contribution in [0.15, 0.2) is 73.1 Å². The maximum absolute atomic E-state index is 12.2. The third kappa shape index (κ3) is 3.50. The number of thiazole rings is 1. The first-order valence-corrected chi connectivity index (χ1v) is 9.98. The summed E-state index contributed by atoms with van der Waals surface area (Å²) in [5, 5.41) is 0.938. The number of benzene rings is 2. The fourth-order valence-corrected chi connectivity index (χ4v) is 4.20. The molecule has 2 aromatic heterocycles. The van der Waals surface area contributed by atoms with Gasteiger partial charge in [0.25, 0.3) is 0 Å². The number of rotatable bonds is 5. The molecule has 6 heteroatoms. The summed E-state index contributed by atoms with van der Waals surface area (Å²) in [6, 6.07) is 19.4. The van der Waals surface area contributed by atoms with E-state index in [1.165, 1.54) is 0 Å². The number of hydrogen-bond acceptors (Lipinski definition) is 6. The van der Waals surface area contributed by atoms with Crippen LogP contribution in [0, 0.1) is 0 Å². The van der Waals surface area contributed by atoms with Gasteiger partial charge in [-0.1, -0.05) is 24.3 Å². The largest absolute Gasteiger partial charge is 0.486 e. The molecule has 0 radical (unpaired) electrons. The molecule has 3 heterocycles. The zero-order chi connectivity index (χ0) is 19.6. The van der Waals surface area contributed by atoms with E-state index in [1.54, 1.807) is 23.7 Å². The van der Waals surface area contributed by atoms with Crippen molar-refractivity contribution in [3.05, 3.63) is 89.2 Å². The fourth-order valence-electron chi connectivity index (χ4n) is 3.32. The lowest BCUT2D eigenvalue weighted by atomic mass is 9.97. The van der Waals surface area contributed by atoms with E-state index < -0.39 is 0 Å². The number of fused-ring (bicyclic) bond motifs is 1. The lowest BCUT2D eigenvalue weighted by molar-refractivity contribution is -0.133. The van der Waals surface area contributed by atoms with Gasteiger partial charge >= 0.3 is 5.97 Å². The standard InChI is InChI=1S/C23H16N2O3S/c26-23-22(16-9-11-24-12-10-16)18(13-28-23)15-5-7-17(8-6-15)27-14-21-25-19-3-1-2-4-20(19)29-21/h1-12H,13-14H2. The van der Waals surface area contributed by atoms with Crippen molar-refractivity contribution >= 4 is 38.7 Å². The normalized spacial score (nSPS) is 13.7. The molecule has 0 N–H and O–H groups in total. The van der Waals surface area contributed by atoms with Crippen molar-refractivity contribution in [3.63, 3.8) is 0 Å². The second kappa shape index (κ2) is 7.48. The summed E-state index contributed by atoms with van der Waals surface area (Å²) in [6.07, 6.45) is 3.34. The van der Waals surface area contributed by atoms with Gasteiger partial charge in [-0.25, -0.2) is 9.78 Å². The van der Waals surface area contributed by atoms with Gasteiger partial charge in [-0.2, -0.15) is 0 Å². The van der Waals surface area contributed by atoms with E-state index in [2.05, 4.69) is 16.0 Å². The maximum Gasteiger partial charge on any atom is 0.339 e. The molecule has 2 aromatic carbocycles. The van der Waals surface area contributed by atoms with Crippen LogP contribution in [-0.4, -0.2) is 22.5 Å². The highest BCUT2D eigenvalue weighted by atomic mass is 32.1. The molecule has 4 aromatic rings. The van der Waals surface area contributed by atoms with Crippen molar-refractivity contribution in [1.82, 2.24) is 9.97 Å². The number of cyclic esters (lactones) is 1. The van der Waals surface area contributed by atoms with Crippen molar-refractivity contribution in [1.29, 1.82) is 0 Å². The Bertz CT molecular complexity index is 1180. The van der Waals surface area contributed by atoms with Crippen LogP contribution in [0.2, 0.25) is 0 Å². The first-order chi connectivity index (χ1) is 14.3. The van der Waals surface area contributed by atoms with E-state index in [9.17, 15) is 4.79 Å². The predicted octanol–water partition coefficient (Wildman–Crippen LogP) is 4.74. The van der Waals surface area contributed by atoms with Crippen LogP contribution in [0.25, 0.3) is 21.4 Å². The first kappa shape index (κ1) is 17.6. The highest BCUT2D eigenvalue weighted by Gasteiger charge is 2.27. The second-order valence-corrected chi connectivity index (χ2v) is 7.67. The number of esters is 1. The molecule has 5 rings (SSSR count). The zero-order valence-corrected chi connectivity index (χ0v) is 16.2. The van der Waals surface area contributed by atoms with Gasteiger partial charge in [0.2, 0.25) is 0 Å². The number of carbonyl (C=O) groups is 1. The molecule has 0 bridgehead atoms. The van der Waals surface area contributed by atoms with Crippen molar-refractivity contribution in [2.45, 2.75) is 6.61 Å². The molecule has 0 fully saturated rings. The number of nitrogens with zero attached hydrogens (tertiary/aromatic N) is 2. The highest BCUT2D eigenvalue weighted by Crippen LogP contribution is 2.33. The summed E-state index contributed by atoms with van der Waals surface area (Å²) < 4.78 is 12.3. The topological polar surface area (TPSA) is 61.3 Å². The summed E-state index contributed by atoms with van der Waals surface area (Å²) in [7, 11) is 0. The van der Waals surface area contributed by atoms with Crippen LogP contribution in [-0.2, 0) is 16.1 Å². The monoisotopic (exact) mass is 400 g/mol. The number of pyridine rings is 1. The Morgan fingerprint density at radius 3 is 2.55 bits per heavy atom. The number of aromatic nitrogens is 2. The van der Waals surface area contributed by atoms with Crippen LogP contribution < -0.4 is 4.74 Å². The molecule has 1 aliphatic heterocycles. The highest BCUT2D eigenvalue weighted by molar-refractivity contribution is 7.18. The average molecular weight is 400 g/mol. The molecule has 5 nitrogen and oxygen atoms in total. The van der Waals surface area contributed by atoms with Crippen molar-refractivity contribution in [3.8, 4) is 5.75 Å². The molecule has 0 spiro atoms. The molecule has 0 unspecified atom stereocenters. The Morgan fingerprint density at radius 1 is 0.966 bits per heavy atom. The Balaban J connectivity index is 1.35. The smallest absolute Gasteiger partial charge is 0.339 e. The average Bonchev–Trinajstić information content (AvgIpc) is 3.36. The van der Waals surface area contributed by atoms with E-state index in [-0.39, 0.29) is 12.6 Å². The maximum atomic E-state index is 12.2. The van der Waals surface area contributed by atoms with E-state index in [4.69, 9.17) is 9.47 Å². The molecular weight excluding hydrogens is 384 g/mol. The van der Waals surface area contributed by atoms with Crippen LogP contribution in [0.5, 0.6) is 5.75 Å². The molecule has 0 saturated heterocycles. The predicted molar refractivity (Wildman–Crippen MR) is 112 cm³/mol. The third-order valence-electron chi connectivity index (χ3n) is 4.73. The van der Waals surface area contributed by atoms with E-state index in [1.807, 2.05) is 54.6 Å². The van der Waals surface area contributed by atoms with Gasteiger partial charge in [0.15, 0.2) is 0 Å². The van der Waals surface area contributed by atoms with Gasteiger partial charge in [0, 0.05) is 18.0 Å². The number of ether oxygens (including phenoxy) is 2. The van der Waals surface area contributed by atoms with Crippen LogP contribution in [0.3, 0.4) is 0 Å². The minimum atomic E-state index is -0.303. The van der Waals surface area contributed by atoms with Crippen molar-refractivity contribution in [2.24, 2.45) is 0 Å². The Hall–Kier alpha value is -3.51. The molecular formula is C23H16N2O3S. The SMILES string of the molecule is O=C1OCC(c2ccc(OCc3nc4ccccc4s3)cc2)=C1c1ccncc1. The lowest BCUT2D eigenvalue weighted by Gasteiger charge is -2.07. The van der Waals surface area contributed by atoms with Crippen LogP contribution in [0.4, 0.5) is 0 Å². The van der Waals surface area contributed by atoms with Crippen LogP contribution >= 0.6 is 11.3 Å². The summed E-state index contributed by atoms with van der Waals surface area (Å²) >= 11 is 1.64. The molecule has 0 amide bonds. The molecule has 29 heavy (non-hydrogen) atoms. The minimum Gasteiger partial charge on any atom is -0.486 e. The van der Waals surface area contributed by atoms with Gasteiger partial charge in [-0.15, -0.1) is 11.3 Å². The van der Waals surface area contributed by atoms with E-state index in [0.717, 1.165) is 37.7 Å². The van der Waals surface area contributed by atoms with E-state index in [0.29, 0.717) is 12.2 Å². The van der Waals surface area contributed by atoms with Crippen molar-refractivity contribution < 1.29 is 14.3 Å². The fraction of sp³-hybridized carbons (Fsp3) is 0.0870. The molecule has 1 aliphatic rings. The summed E-state index contributed by atoms with van der Waals surface area (Å²) in [5.41, 5.74) is 4.21. The van der Waals surface area contributed by atoms with Gasteiger partial charge in [0.1, 0.15) is 24.0 Å². The quantitative estimate of drug-likeness (QED) is 0.453.